The van der Waals surface area contributed by atoms with Crippen molar-refractivity contribution in [1.29, 1.82) is 0 Å². The Kier molecular flexibility index (Phi) is 7.56. The minimum absolute atomic E-state index is 0.118. The van der Waals surface area contributed by atoms with Crippen molar-refractivity contribution in [3.8, 4) is 0 Å². The molecule has 0 N–H and O–H groups in total. The first-order chi connectivity index (χ1) is 15.5. The monoisotopic (exact) mass is 531 g/mol. The summed E-state index contributed by atoms with van der Waals surface area (Å²) in [5.74, 6) is -0.118. The molecule has 0 unspecified atom stereocenters. The molecule has 1 heterocycles. The number of Topliss-reactive ketones (excluding diaryl/α,β-unsaturated/α-hetero) is 1. The molecule has 3 atom stereocenters. The van der Waals surface area contributed by atoms with E-state index in [0.717, 1.165) is 10.4 Å². The van der Waals surface area contributed by atoms with Gasteiger partial charge in [-0.15, -0.1) is 0 Å². The Hall–Kier alpha value is -1.96. The molecule has 1 fully saturated rings. The Morgan fingerprint density at radius 3 is 1.97 bits per heavy atom. The van der Waals surface area contributed by atoms with Crippen molar-refractivity contribution < 1.29 is 18.8 Å². The molecule has 1 saturated heterocycles. The van der Waals surface area contributed by atoms with Gasteiger partial charge in [0.25, 0.3) is 8.32 Å². The first-order valence-electron chi connectivity index (χ1n) is 11.4. The first kappa shape index (κ1) is 25.7. The summed E-state index contributed by atoms with van der Waals surface area (Å²) >= 11 is 3.36. The maximum absolute atomic E-state index is 12.8. The molecular formula is C26H34BrNO4Si. The van der Waals surface area contributed by atoms with Gasteiger partial charge in [-0.1, -0.05) is 104 Å². The summed E-state index contributed by atoms with van der Waals surface area (Å²) in [6.45, 7) is 12.0. The second-order valence-corrected chi connectivity index (χ2v) is 14.6. The molecule has 1 amide bonds. The number of ketones is 1. The largest absolute Gasteiger partial charge is 0.438 e. The maximum atomic E-state index is 12.8. The highest BCUT2D eigenvalue weighted by Crippen LogP contribution is 2.43. The van der Waals surface area contributed by atoms with Crippen LogP contribution in [0, 0.1) is 0 Å². The second-order valence-electron chi connectivity index (χ2n) is 9.83. The lowest BCUT2D eigenvalue weighted by atomic mass is 9.86. The predicted molar refractivity (Wildman–Crippen MR) is 138 cm³/mol. The van der Waals surface area contributed by atoms with Gasteiger partial charge in [-0.3, -0.25) is 9.69 Å². The summed E-state index contributed by atoms with van der Waals surface area (Å²) in [6.07, 6.45) is -0.390. The molecule has 3 rings (SSSR count). The van der Waals surface area contributed by atoms with E-state index in [1.807, 2.05) is 50.2 Å². The van der Waals surface area contributed by atoms with E-state index >= 15 is 0 Å². The van der Waals surface area contributed by atoms with Gasteiger partial charge >= 0.3 is 6.09 Å². The molecular weight excluding hydrogens is 498 g/mol. The van der Waals surface area contributed by atoms with E-state index in [-0.39, 0.29) is 16.3 Å². The van der Waals surface area contributed by atoms with E-state index in [4.69, 9.17) is 9.16 Å². The van der Waals surface area contributed by atoms with Gasteiger partial charge in [-0.25, -0.2) is 4.79 Å². The summed E-state index contributed by atoms with van der Waals surface area (Å²) in [6, 6.07) is 20.0. The van der Waals surface area contributed by atoms with Crippen molar-refractivity contribution in [1.82, 2.24) is 4.90 Å². The van der Waals surface area contributed by atoms with Gasteiger partial charge < -0.3 is 9.16 Å². The van der Waals surface area contributed by atoms with Crippen molar-refractivity contribution in [3.63, 3.8) is 0 Å². The third kappa shape index (κ3) is 4.43. The normalized spacial score (nSPS) is 22.2. The standard InChI is InChI=1S/C26H34BrNO4Si/c1-7-22(26(6)23(19(2)29)28(18-27)24(30)31-26)32-33(25(3,4)5,20-14-10-8-11-15-20)21-16-12-9-13-17-21/h8-17,22-23H,7,18H2,1-6H3/t22-,23-,26-/m1/s1. The van der Waals surface area contributed by atoms with Crippen LogP contribution in [0.2, 0.25) is 5.04 Å². The smallest absolute Gasteiger partial charge is 0.411 e. The number of cyclic esters (lactones) is 1. The Labute approximate surface area is 206 Å². The lowest BCUT2D eigenvalue weighted by Gasteiger charge is -2.48. The number of halogens is 1. The lowest BCUT2D eigenvalue weighted by molar-refractivity contribution is -0.128. The summed E-state index contributed by atoms with van der Waals surface area (Å²) < 4.78 is 13.2. The molecule has 5 nitrogen and oxygen atoms in total. The Bertz CT molecular complexity index is 939. The van der Waals surface area contributed by atoms with Gasteiger partial charge in [-0.2, -0.15) is 0 Å². The van der Waals surface area contributed by atoms with Crippen LogP contribution in [-0.2, 0) is 14.0 Å². The van der Waals surface area contributed by atoms with Crippen molar-refractivity contribution in [2.45, 2.75) is 70.7 Å². The average molecular weight is 533 g/mol. The quantitative estimate of drug-likeness (QED) is 0.277. The Morgan fingerprint density at radius 2 is 1.61 bits per heavy atom. The first-order valence-corrected chi connectivity index (χ1v) is 14.4. The molecule has 33 heavy (non-hydrogen) atoms. The fourth-order valence-electron chi connectivity index (χ4n) is 5.21. The van der Waals surface area contributed by atoms with Gasteiger partial charge in [0.2, 0.25) is 0 Å². The van der Waals surface area contributed by atoms with Crippen LogP contribution in [0.4, 0.5) is 4.79 Å². The average Bonchev–Trinajstić information content (AvgIpc) is 3.05. The molecule has 0 saturated carbocycles. The number of hydrogen-bond acceptors (Lipinski definition) is 4. The molecule has 0 spiro atoms. The number of alkyl halides is 1. The van der Waals surface area contributed by atoms with E-state index in [1.165, 1.54) is 11.8 Å². The molecule has 0 bridgehead atoms. The van der Waals surface area contributed by atoms with Crippen LogP contribution in [0.25, 0.3) is 0 Å². The molecule has 2 aromatic carbocycles. The molecule has 1 aliphatic rings. The third-order valence-electron chi connectivity index (χ3n) is 6.66. The number of rotatable bonds is 8. The zero-order chi connectivity index (χ0) is 24.4. The molecule has 0 aromatic heterocycles. The van der Waals surface area contributed by atoms with E-state index in [9.17, 15) is 9.59 Å². The summed E-state index contributed by atoms with van der Waals surface area (Å²) in [4.78, 5) is 26.9. The highest BCUT2D eigenvalue weighted by molar-refractivity contribution is 9.09. The highest BCUT2D eigenvalue weighted by atomic mass is 79.9. The number of carbonyl (C=O) groups excluding carboxylic acids is 2. The fraction of sp³-hybridized carbons (Fsp3) is 0.462. The zero-order valence-corrected chi connectivity index (χ0v) is 22.9. The van der Waals surface area contributed by atoms with Gasteiger partial charge in [-0.05, 0) is 35.7 Å². The molecule has 178 valence electrons. The van der Waals surface area contributed by atoms with Crippen LogP contribution in [0.5, 0.6) is 0 Å². The minimum Gasteiger partial charge on any atom is -0.438 e. The van der Waals surface area contributed by atoms with Gasteiger partial charge in [0.05, 0.1) is 11.6 Å². The molecule has 1 aliphatic heterocycles. The SMILES string of the molecule is CC[C@@H](O[Si](c1ccccc1)(c1ccccc1)C(C)(C)C)[C@@]1(C)OC(=O)N(CBr)[C@@H]1C(C)=O. The van der Waals surface area contributed by atoms with Crippen LogP contribution in [0.3, 0.4) is 0 Å². The van der Waals surface area contributed by atoms with Crippen LogP contribution in [-0.4, -0.2) is 48.3 Å². The molecule has 0 aliphatic carbocycles. The van der Waals surface area contributed by atoms with Crippen LogP contribution in [0.15, 0.2) is 60.7 Å². The third-order valence-corrected chi connectivity index (χ3v) is 12.2. The predicted octanol–water partition coefficient (Wildman–Crippen LogP) is 4.86. The Morgan fingerprint density at radius 1 is 1.12 bits per heavy atom. The van der Waals surface area contributed by atoms with Crippen LogP contribution in [0.1, 0.15) is 48.0 Å². The van der Waals surface area contributed by atoms with E-state index in [2.05, 4.69) is 61.0 Å². The molecule has 2 aromatic rings. The van der Waals surface area contributed by atoms with Gasteiger partial charge in [0, 0.05) is 0 Å². The van der Waals surface area contributed by atoms with Crippen LogP contribution >= 0.6 is 15.9 Å². The molecule has 7 heteroatoms. The van der Waals surface area contributed by atoms with E-state index < -0.39 is 32.2 Å². The van der Waals surface area contributed by atoms with Crippen LogP contribution < -0.4 is 10.4 Å². The van der Waals surface area contributed by atoms with Crippen molar-refractivity contribution in [2.24, 2.45) is 0 Å². The van der Waals surface area contributed by atoms with Gasteiger partial charge in [0.15, 0.2) is 11.4 Å². The number of amides is 1. The fourth-order valence-corrected chi connectivity index (χ4v) is 10.5. The number of benzene rings is 2. The highest BCUT2D eigenvalue weighted by Gasteiger charge is 2.60. The number of ether oxygens (including phenoxy) is 1. The van der Waals surface area contributed by atoms with E-state index in [0.29, 0.717) is 6.42 Å². The number of carbonyl (C=O) groups is 2. The maximum Gasteiger partial charge on any atom is 0.411 e. The summed E-state index contributed by atoms with van der Waals surface area (Å²) in [5.41, 5.74) is -0.889. The molecule has 0 radical (unpaired) electrons. The number of nitrogens with zero attached hydrogens (tertiary/aromatic N) is 1. The number of hydrogen-bond donors (Lipinski definition) is 0. The summed E-state index contributed by atoms with van der Waals surface area (Å²) in [5, 5.41) is 2.06. The van der Waals surface area contributed by atoms with Crippen molar-refractivity contribution >= 4 is 46.5 Å². The lowest BCUT2D eigenvalue weighted by Crippen LogP contribution is -2.70. The topological polar surface area (TPSA) is 55.8 Å². The zero-order valence-electron chi connectivity index (χ0n) is 20.3. The van der Waals surface area contributed by atoms with Crippen molar-refractivity contribution in [2.75, 3.05) is 5.45 Å². The van der Waals surface area contributed by atoms with E-state index in [1.54, 1.807) is 0 Å². The Balaban J connectivity index is 2.22. The minimum atomic E-state index is -2.90. The van der Waals surface area contributed by atoms with Gasteiger partial charge in [0.1, 0.15) is 6.04 Å². The summed E-state index contributed by atoms with van der Waals surface area (Å²) in [7, 11) is -2.90. The second kappa shape index (κ2) is 9.72. The van der Waals surface area contributed by atoms with Crippen molar-refractivity contribution in [3.05, 3.63) is 60.7 Å².